The number of carbonyl (C=O) groups excluding carboxylic acids is 1. The Morgan fingerprint density at radius 3 is 2.49 bits per heavy atom. The van der Waals surface area contributed by atoms with E-state index in [1.165, 1.54) is 0 Å². The number of aromatic nitrogens is 2. The van der Waals surface area contributed by atoms with Crippen LogP contribution in [0.15, 0.2) is 48.8 Å². The third kappa shape index (κ3) is 6.99. The number of pyridine rings is 2. The lowest BCUT2D eigenvalue weighted by atomic mass is 10.0. The van der Waals surface area contributed by atoms with Gasteiger partial charge in [-0.05, 0) is 57.0 Å². The molecule has 0 aliphatic heterocycles. The molecule has 35 heavy (non-hydrogen) atoms. The number of nitrogens with two attached hydrogens (primary N) is 1. The molecule has 2 aromatic heterocycles. The number of carbonyl (C=O) groups is 1. The maximum absolute atomic E-state index is 12.6. The van der Waals surface area contributed by atoms with E-state index in [0.29, 0.717) is 40.8 Å². The fourth-order valence-electron chi connectivity index (χ4n) is 3.46. The standard InChI is InChI=1S/C26H33N5O4/c1-16(18-8-7-11-28-15-18)29-24-21(27)13-19(23(30-24)31-25(32)35-26(2,3)4)12-17-9-10-20(33-5)14-22(17)34-6/h7-11,13-16H,12,27H2,1-6H3,(H2,29,30,31,32)/t16-/m1/s1. The molecule has 0 unspecified atom stereocenters. The second-order valence-electron chi connectivity index (χ2n) is 9.07. The smallest absolute Gasteiger partial charge is 0.413 e. The van der Waals surface area contributed by atoms with Gasteiger partial charge >= 0.3 is 6.09 Å². The van der Waals surface area contributed by atoms with Crippen molar-refractivity contribution in [2.24, 2.45) is 0 Å². The Hall–Kier alpha value is -4.01. The van der Waals surface area contributed by atoms with Crippen molar-refractivity contribution in [1.29, 1.82) is 0 Å². The number of benzene rings is 1. The van der Waals surface area contributed by atoms with E-state index in [9.17, 15) is 4.79 Å². The molecule has 4 N–H and O–H groups in total. The fraction of sp³-hybridized carbons (Fsp3) is 0.346. The summed E-state index contributed by atoms with van der Waals surface area (Å²) in [6.07, 6.45) is 3.30. The average Bonchev–Trinajstić information content (AvgIpc) is 2.81. The first-order valence-corrected chi connectivity index (χ1v) is 11.3. The normalized spacial score (nSPS) is 11.9. The number of hydrogen-bond donors (Lipinski definition) is 3. The van der Waals surface area contributed by atoms with Crippen LogP contribution in [0.4, 0.5) is 22.1 Å². The fourth-order valence-corrected chi connectivity index (χ4v) is 3.46. The lowest BCUT2D eigenvalue weighted by Crippen LogP contribution is -2.28. The molecule has 0 aliphatic carbocycles. The van der Waals surface area contributed by atoms with Crippen molar-refractivity contribution in [3.8, 4) is 11.5 Å². The zero-order chi connectivity index (χ0) is 25.6. The summed E-state index contributed by atoms with van der Waals surface area (Å²) in [5.74, 6) is 2.11. The first-order chi connectivity index (χ1) is 16.6. The van der Waals surface area contributed by atoms with Gasteiger partial charge in [-0.2, -0.15) is 0 Å². The van der Waals surface area contributed by atoms with Crippen molar-refractivity contribution in [2.45, 2.75) is 45.8 Å². The van der Waals surface area contributed by atoms with Gasteiger partial charge in [0.1, 0.15) is 22.9 Å². The maximum atomic E-state index is 12.6. The van der Waals surface area contributed by atoms with Crippen molar-refractivity contribution in [1.82, 2.24) is 9.97 Å². The van der Waals surface area contributed by atoms with Gasteiger partial charge in [-0.3, -0.25) is 10.3 Å². The highest BCUT2D eigenvalue weighted by atomic mass is 16.6. The van der Waals surface area contributed by atoms with Crippen LogP contribution in [-0.4, -0.2) is 35.9 Å². The van der Waals surface area contributed by atoms with Gasteiger partial charge in [-0.15, -0.1) is 0 Å². The van der Waals surface area contributed by atoms with Crippen LogP contribution in [0.25, 0.3) is 0 Å². The summed E-state index contributed by atoms with van der Waals surface area (Å²) < 4.78 is 16.3. The number of nitrogens with zero attached hydrogens (tertiary/aromatic N) is 2. The van der Waals surface area contributed by atoms with Gasteiger partial charge in [0.2, 0.25) is 0 Å². The van der Waals surface area contributed by atoms with Crippen LogP contribution in [0.3, 0.4) is 0 Å². The summed E-state index contributed by atoms with van der Waals surface area (Å²) >= 11 is 0. The predicted molar refractivity (Wildman–Crippen MR) is 137 cm³/mol. The largest absolute Gasteiger partial charge is 0.497 e. The molecule has 2 heterocycles. The molecule has 0 bridgehead atoms. The van der Waals surface area contributed by atoms with E-state index in [1.54, 1.807) is 59.5 Å². The second-order valence-corrected chi connectivity index (χ2v) is 9.07. The molecule has 0 spiro atoms. The molecule has 0 saturated heterocycles. The minimum Gasteiger partial charge on any atom is -0.497 e. The van der Waals surface area contributed by atoms with E-state index in [-0.39, 0.29) is 6.04 Å². The Bertz CT molecular complexity index is 1160. The molecular formula is C26H33N5O4. The average molecular weight is 480 g/mol. The molecule has 9 heteroatoms. The number of amides is 1. The topological polar surface area (TPSA) is 121 Å². The summed E-state index contributed by atoms with van der Waals surface area (Å²) in [6, 6.07) is 11.1. The van der Waals surface area contributed by atoms with Crippen LogP contribution in [0, 0.1) is 0 Å². The summed E-state index contributed by atoms with van der Waals surface area (Å²) in [7, 11) is 3.19. The number of rotatable bonds is 8. The SMILES string of the molecule is COc1ccc(Cc2cc(N)c(N[C@H](C)c3cccnc3)nc2NC(=O)OC(C)(C)C)c(OC)c1. The number of hydrogen-bond acceptors (Lipinski definition) is 8. The van der Waals surface area contributed by atoms with Gasteiger partial charge in [0.05, 0.1) is 25.9 Å². The van der Waals surface area contributed by atoms with E-state index >= 15 is 0 Å². The van der Waals surface area contributed by atoms with Crippen molar-refractivity contribution >= 4 is 23.4 Å². The molecule has 0 fully saturated rings. The van der Waals surface area contributed by atoms with Crippen LogP contribution in [0.5, 0.6) is 11.5 Å². The third-order valence-corrected chi connectivity index (χ3v) is 5.16. The molecule has 0 radical (unpaired) electrons. The number of nitrogen functional groups attached to an aromatic ring is 1. The first-order valence-electron chi connectivity index (χ1n) is 11.3. The third-order valence-electron chi connectivity index (χ3n) is 5.16. The van der Waals surface area contributed by atoms with E-state index in [0.717, 1.165) is 11.1 Å². The molecule has 186 valence electrons. The summed E-state index contributed by atoms with van der Waals surface area (Å²) in [5.41, 5.74) is 8.73. The minimum atomic E-state index is -0.660. The Morgan fingerprint density at radius 1 is 1.09 bits per heavy atom. The Morgan fingerprint density at radius 2 is 1.86 bits per heavy atom. The number of ether oxygens (including phenoxy) is 3. The molecule has 3 aromatic rings. The van der Waals surface area contributed by atoms with Crippen molar-refractivity contribution in [3.05, 3.63) is 65.5 Å². The molecule has 3 rings (SSSR count). The monoisotopic (exact) mass is 479 g/mol. The van der Waals surface area contributed by atoms with Gasteiger partial charge in [-0.1, -0.05) is 12.1 Å². The number of nitrogens with one attached hydrogen (secondary N) is 2. The molecule has 1 amide bonds. The Balaban J connectivity index is 1.97. The first kappa shape index (κ1) is 25.6. The lowest BCUT2D eigenvalue weighted by Gasteiger charge is -2.22. The summed E-state index contributed by atoms with van der Waals surface area (Å²) in [5, 5.41) is 6.09. The van der Waals surface area contributed by atoms with E-state index < -0.39 is 11.7 Å². The van der Waals surface area contributed by atoms with Crippen LogP contribution in [0.1, 0.15) is 50.4 Å². The zero-order valence-corrected chi connectivity index (χ0v) is 21.0. The van der Waals surface area contributed by atoms with E-state index in [4.69, 9.17) is 19.9 Å². The molecule has 0 saturated carbocycles. The van der Waals surface area contributed by atoms with Crippen molar-refractivity contribution < 1.29 is 19.0 Å². The zero-order valence-electron chi connectivity index (χ0n) is 21.0. The summed E-state index contributed by atoms with van der Waals surface area (Å²) in [6.45, 7) is 7.38. The highest BCUT2D eigenvalue weighted by molar-refractivity contribution is 5.86. The Kier molecular flexibility index (Phi) is 8.01. The minimum absolute atomic E-state index is 0.111. The molecule has 1 atom stereocenters. The molecule has 0 aliphatic rings. The van der Waals surface area contributed by atoms with Gasteiger partial charge in [0, 0.05) is 30.4 Å². The number of methoxy groups -OCH3 is 2. The number of anilines is 3. The maximum Gasteiger partial charge on any atom is 0.413 e. The molecule has 9 nitrogen and oxygen atoms in total. The predicted octanol–water partition coefficient (Wildman–Crippen LogP) is 5.19. The quantitative estimate of drug-likeness (QED) is 0.404. The van der Waals surface area contributed by atoms with E-state index in [1.807, 2.05) is 31.2 Å². The lowest BCUT2D eigenvalue weighted by molar-refractivity contribution is 0.0635. The summed E-state index contributed by atoms with van der Waals surface area (Å²) in [4.78, 5) is 21.4. The van der Waals surface area contributed by atoms with E-state index in [2.05, 4.69) is 20.6 Å². The molecular weight excluding hydrogens is 446 g/mol. The van der Waals surface area contributed by atoms with Gasteiger partial charge in [0.25, 0.3) is 0 Å². The van der Waals surface area contributed by atoms with Gasteiger partial charge < -0.3 is 25.3 Å². The molecule has 1 aromatic carbocycles. The van der Waals surface area contributed by atoms with Crippen LogP contribution >= 0.6 is 0 Å². The van der Waals surface area contributed by atoms with Crippen molar-refractivity contribution in [3.63, 3.8) is 0 Å². The Labute approximate surface area is 206 Å². The van der Waals surface area contributed by atoms with Crippen LogP contribution < -0.4 is 25.8 Å². The van der Waals surface area contributed by atoms with Gasteiger partial charge in [0.15, 0.2) is 5.82 Å². The highest BCUT2D eigenvalue weighted by Crippen LogP contribution is 2.32. The van der Waals surface area contributed by atoms with Crippen LogP contribution in [-0.2, 0) is 11.2 Å². The van der Waals surface area contributed by atoms with Crippen molar-refractivity contribution in [2.75, 3.05) is 30.6 Å². The second kappa shape index (κ2) is 10.9. The van der Waals surface area contributed by atoms with Gasteiger partial charge in [-0.25, -0.2) is 9.78 Å². The highest BCUT2D eigenvalue weighted by Gasteiger charge is 2.20. The van der Waals surface area contributed by atoms with Crippen LogP contribution in [0.2, 0.25) is 0 Å².